The molecule has 1 aromatic heterocycles. The fourth-order valence-corrected chi connectivity index (χ4v) is 1.86. The van der Waals surface area contributed by atoms with Crippen LogP contribution >= 0.6 is 0 Å². The summed E-state index contributed by atoms with van der Waals surface area (Å²) in [5, 5.41) is 3.14. The van der Waals surface area contributed by atoms with Crippen molar-refractivity contribution in [3.63, 3.8) is 0 Å². The zero-order chi connectivity index (χ0) is 15.9. The first-order valence-electron chi connectivity index (χ1n) is 7.02. The Bertz CT molecular complexity index is 659. The molecule has 0 amide bonds. The van der Waals surface area contributed by atoms with Gasteiger partial charge in [-0.3, -0.25) is 0 Å². The van der Waals surface area contributed by atoms with E-state index in [-0.39, 0.29) is 6.61 Å². The standard InChI is InChI=1S/C16H19N3O3/c1-4-12-6-5-7-13(9-12)18-16-17-11(2)8-14(19-16)22-10-15(20)21-3/h5-9H,4,10H2,1-3H3,(H,17,18,19). The molecule has 0 aliphatic rings. The van der Waals surface area contributed by atoms with Crippen LogP contribution in [0.2, 0.25) is 0 Å². The quantitative estimate of drug-likeness (QED) is 0.827. The highest BCUT2D eigenvalue weighted by Gasteiger charge is 2.07. The molecule has 6 heteroatoms. The van der Waals surface area contributed by atoms with E-state index in [9.17, 15) is 4.79 Å². The van der Waals surface area contributed by atoms with Gasteiger partial charge in [-0.05, 0) is 31.0 Å². The highest BCUT2D eigenvalue weighted by molar-refractivity contribution is 5.70. The van der Waals surface area contributed by atoms with Gasteiger partial charge in [0, 0.05) is 17.4 Å². The first-order chi connectivity index (χ1) is 10.6. The molecule has 0 aliphatic carbocycles. The van der Waals surface area contributed by atoms with Gasteiger partial charge in [-0.1, -0.05) is 19.1 Å². The van der Waals surface area contributed by atoms with Crippen LogP contribution in [-0.2, 0) is 16.0 Å². The molecule has 0 saturated heterocycles. The first-order valence-corrected chi connectivity index (χ1v) is 7.02. The van der Waals surface area contributed by atoms with Crippen LogP contribution in [0.4, 0.5) is 11.6 Å². The number of carbonyl (C=O) groups is 1. The lowest BCUT2D eigenvalue weighted by atomic mass is 10.1. The summed E-state index contributed by atoms with van der Waals surface area (Å²) >= 11 is 0. The van der Waals surface area contributed by atoms with Gasteiger partial charge in [-0.15, -0.1) is 0 Å². The minimum atomic E-state index is -0.457. The molecule has 0 bridgehead atoms. The monoisotopic (exact) mass is 301 g/mol. The van der Waals surface area contributed by atoms with Crippen LogP contribution in [0.3, 0.4) is 0 Å². The SMILES string of the molecule is CCc1cccc(Nc2nc(C)cc(OCC(=O)OC)n2)c1. The molecule has 0 aliphatic heterocycles. The second-order valence-electron chi connectivity index (χ2n) is 4.71. The van der Waals surface area contributed by atoms with Gasteiger partial charge in [0.15, 0.2) is 6.61 Å². The number of rotatable bonds is 6. The Hall–Kier alpha value is -2.63. The number of hydrogen-bond acceptors (Lipinski definition) is 6. The minimum Gasteiger partial charge on any atom is -0.466 e. The Labute approximate surface area is 129 Å². The molecule has 6 nitrogen and oxygen atoms in total. The van der Waals surface area contributed by atoms with Gasteiger partial charge >= 0.3 is 5.97 Å². The van der Waals surface area contributed by atoms with E-state index in [4.69, 9.17) is 4.74 Å². The highest BCUT2D eigenvalue weighted by atomic mass is 16.6. The third kappa shape index (κ3) is 4.44. The molecule has 2 aromatic rings. The van der Waals surface area contributed by atoms with Crippen molar-refractivity contribution in [3.05, 3.63) is 41.6 Å². The Morgan fingerprint density at radius 2 is 2.09 bits per heavy atom. The molecule has 1 heterocycles. The summed E-state index contributed by atoms with van der Waals surface area (Å²) in [5.74, 6) is 0.293. The van der Waals surface area contributed by atoms with Gasteiger partial charge in [0.2, 0.25) is 11.8 Å². The molecule has 0 saturated carbocycles. The Morgan fingerprint density at radius 1 is 1.27 bits per heavy atom. The molecule has 0 radical (unpaired) electrons. The predicted octanol–water partition coefficient (Wildman–Crippen LogP) is 2.64. The first kappa shape index (κ1) is 15.8. The maximum Gasteiger partial charge on any atom is 0.343 e. The lowest BCUT2D eigenvalue weighted by Gasteiger charge is -2.09. The number of methoxy groups -OCH3 is 1. The van der Waals surface area contributed by atoms with Crippen LogP contribution < -0.4 is 10.1 Å². The predicted molar refractivity (Wildman–Crippen MR) is 83.4 cm³/mol. The number of aryl methyl sites for hydroxylation is 2. The molecule has 0 atom stereocenters. The van der Waals surface area contributed by atoms with Crippen LogP contribution in [0, 0.1) is 6.92 Å². The zero-order valence-corrected chi connectivity index (χ0v) is 12.9. The lowest BCUT2D eigenvalue weighted by Crippen LogP contribution is -2.13. The lowest BCUT2D eigenvalue weighted by molar-refractivity contribution is -0.143. The van der Waals surface area contributed by atoms with Crippen molar-refractivity contribution >= 4 is 17.6 Å². The maximum absolute atomic E-state index is 11.1. The van der Waals surface area contributed by atoms with Gasteiger partial charge in [0.05, 0.1) is 7.11 Å². The topological polar surface area (TPSA) is 73.3 Å². The van der Waals surface area contributed by atoms with E-state index in [0.29, 0.717) is 11.8 Å². The fraction of sp³-hybridized carbons (Fsp3) is 0.312. The highest BCUT2D eigenvalue weighted by Crippen LogP contribution is 2.18. The Kier molecular flexibility index (Phi) is 5.30. The Morgan fingerprint density at radius 3 is 2.82 bits per heavy atom. The molecular weight excluding hydrogens is 282 g/mol. The van der Waals surface area contributed by atoms with Gasteiger partial charge in [-0.2, -0.15) is 4.98 Å². The van der Waals surface area contributed by atoms with Crippen molar-refractivity contribution in [1.82, 2.24) is 9.97 Å². The van der Waals surface area contributed by atoms with Gasteiger partial charge in [-0.25, -0.2) is 9.78 Å². The van der Waals surface area contributed by atoms with E-state index in [0.717, 1.165) is 17.8 Å². The summed E-state index contributed by atoms with van der Waals surface area (Å²) < 4.78 is 9.83. The average molecular weight is 301 g/mol. The summed E-state index contributed by atoms with van der Waals surface area (Å²) in [4.78, 5) is 19.7. The second kappa shape index (κ2) is 7.40. The summed E-state index contributed by atoms with van der Waals surface area (Å²) in [5.41, 5.74) is 2.87. The van der Waals surface area contributed by atoms with E-state index in [1.165, 1.54) is 12.7 Å². The van der Waals surface area contributed by atoms with E-state index in [1.54, 1.807) is 6.07 Å². The molecular formula is C16H19N3O3. The van der Waals surface area contributed by atoms with Crippen molar-refractivity contribution in [1.29, 1.82) is 0 Å². The summed E-state index contributed by atoms with van der Waals surface area (Å²) in [6, 6.07) is 9.69. The van der Waals surface area contributed by atoms with Crippen molar-refractivity contribution in [2.75, 3.05) is 19.0 Å². The largest absolute Gasteiger partial charge is 0.466 e. The van der Waals surface area contributed by atoms with Crippen LogP contribution in [0.1, 0.15) is 18.2 Å². The van der Waals surface area contributed by atoms with Crippen molar-refractivity contribution < 1.29 is 14.3 Å². The molecule has 116 valence electrons. The van der Waals surface area contributed by atoms with E-state index >= 15 is 0 Å². The van der Waals surface area contributed by atoms with Crippen molar-refractivity contribution in [2.45, 2.75) is 20.3 Å². The molecule has 1 N–H and O–H groups in total. The third-order valence-corrected chi connectivity index (χ3v) is 2.99. The average Bonchev–Trinajstić information content (AvgIpc) is 2.52. The fourth-order valence-electron chi connectivity index (χ4n) is 1.86. The summed E-state index contributed by atoms with van der Waals surface area (Å²) in [6.07, 6.45) is 0.956. The third-order valence-electron chi connectivity index (χ3n) is 2.99. The maximum atomic E-state index is 11.1. The van der Waals surface area contributed by atoms with E-state index < -0.39 is 5.97 Å². The van der Waals surface area contributed by atoms with Crippen LogP contribution in [0.25, 0.3) is 0 Å². The number of esters is 1. The van der Waals surface area contributed by atoms with Gasteiger partial charge < -0.3 is 14.8 Å². The number of anilines is 2. The molecule has 1 aromatic carbocycles. The van der Waals surface area contributed by atoms with Crippen molar-refractivity contribution in [2.24, 2.45) is 0 Å². The number of ether oxygens (including phenoxy) is 2. The minimum absolute atomic E-state index is 0.183. The van der Waals surface area contributed by atoms with Crippen LogP contribution in [0.5, 0.6) is 5.88 Å². The van der Waals surface area contributed by atoms with Crippen molar-refractivity contribution in [3.8, 4) is 5.88 Å². The number of carbonyl (C=O) groups excluding carboxylic acids is 1. The number of nitrogens with one attached hydrogen (secondary N) is 1. The number of nitrogens with zero attached hydrogens (tertiary/aromatic N) is 2. The molecule has 22 heavy (non-hydrogen) atoms. The van der Waals surface area contributed by atoms with Gasteiger partial charge in [0.1, 0.15) is 0 Å². The zero-order valence-electron chi connectivity index (χ0n) is 12.9. The number of benzene rings is 1. The normalized spacial score (nSPS) is 10.1. The van der Waals surface area contributed by atoms with Gasteiger partial charge in [0.25, 0.3) is 0 Å². The van der Waals surface area contributed by atoms with E-state index in [2.05, 4.69) is 33.0 Å². The molecule has 2 rings (SSSR count). The summed E-state index contributed by atoms with van der Waals surface area (Å²) in [7, 11) is 1.31. The summed E-state index contributed by atoms with van der Waals surface area (Å²) in [6.45, 7) is 3.75. The van der Waals surface area contributed by atoms with E-state index in [1.807, 2.05) is 25.1 Å². The Balaban J connectivity index is 2.13. The van der Waals surface area contributed by atoms with Crippen LogP contribution in [-0.4, -0.2) is 29.7 Å². The molecule has 0 unspecified atom stereocenters. The molecule has 0 spiro atoms. The number of aromatic nitrogens is 2. The van der Waals surface area contributed by atoms with Crippen LogP contribution in [0.15, 0.2) is 30.3 Å². The second-order valence-corrected chi connectivity index (χ2v) is 4.71. The molecule has 0 fully saturated rings. The smallest absolute Gasteiger partial charge is 0.343 e. The number of hydrogen-bond donors (Lipinski definition) is 1.